The molecule has 3 rings (SSSR count). The molecule has 3 aromatic rings. The van der Waals surface area contributed by atoms with E-state index in [2.05, 4.69) is 5.32 Å². The molecule has 2 atom stereocenters. The zero-order valence-electron chi connectivity index (χ0n) is 22.5. The van der Waals surface area contributed by atoms with Crippen molar-refractivity contribution in [1.82, 2.24) is 10.2 Å². The van der Waals surface area contributed by atoms with Crippen LogP contribution in [-0.4, -0.2) is 50.0 Å². The van der Waals surface area contributed by atoms with Gasteiger partial charge >= 0.3 is 0 Å². The van der Waals surface area contributed by atoms with Gasteiger partial charge in [-0.05, 0) is 48.7 Å². The summed E-state index contributed by atoms with van der Waals surface area (Å²) in [6, 6.07) is 17.3. The summed E-state index contributed by atoms with van der Waals surface area (Å²) in [5, 5.41) is 3.35. The number of halogens is 3. The van der Waals surface area contributed by atoms with E-state index in [0.717, 1.165) is 24.0 Å². The molecule has 0 bridgehead atoms. The highest BCUT2D eigenvalue weighted by atomic mass is 35.5. The van der Waals surface area contributed by atoms with Crippen molar-refractivity contribution in [2.75, 3.05) is 17.1 Å². The van der Waals surface area contributed by atoms with Crippen molar-refractivity contribution < 1.29 is 26.8 Å². The number of nitrogens with one attached hydrogen (secondary N) is 1. The first-order chi connectivity index (χ1) is 18.9. The maximum Gasteiger partial charge on any atom is 0.244 e. The number of sulfonamides is 1. The largest absolute Gasteiger partial charge is 0.352 e. The maximum atomic E-state index is 14.0. The van der Waals surface area contributed by atoms with Gasteiger partial charge in [0, 0.05) is 30.1 Å². The molecule has 0 aromatic heterocycles. The summed E-state index contributed by atoms with van der Waals surface area (Å²) in [7, 11) is -4.11. The van der Waals surface area contributed by atoms with Crippen LogP contribution in [-0.2, 0) is 32.6 Å². The number of nitrogens with zero attached hydrogens (tertiary/aromatic N) is 2. The molecule has 7 nitrogen and oxygen atoms in total. The molecule has 0 unspecified atom stereocenters. The Balaban J connectivity index is 2.07. The van der Waals surface area contributed by atoms with Crippen molar-refractivity contribution >= 4 is 39.1 Å². The third kappa shape index (κ3) is 8.50. The minimum Gasteiger partial charge on any atom is -0.352 e. The first kappa shape index (κ1) is 31.0. The van der Waals surface area contributed by atoms with E-state index < -0.39 is 46.1 Å². The highest BCUT2D eigenvalue weighted by Gasteiger charge is 2.33. The Bertz CT molecular complexity index is 1440. The Morgan fingerprint density at radius 1 is 0.950 bits per heavy atom. The van der Waals surface area contributed by atoms with Gasteiger partial charge in [0.2, 0.25) is 21.8 Å². The highest BCUT2D eigenvalue weighted by molar-refractivity contribution is 7.92. The second kappa shape index (κ2) is 13.7. The van der Waals surface area contributed by atoms with E-state index in [1.807, 2.05) is 44.2 Å². The molecule has 40 heavy (non-hydrogen) atoms. The summed E-state index contributed by atoms with van der Waals surface area (Å²) < 4.78 is 53.7. The Morgan fingerprint density at radius 3 is 2.23 bits per heavy atom. The Morgan fingerprint density at radius 2 is 1.62 bits per heavy atom. The summed E-state index contributed by atoms with van der Waals surface area (Å²) in [5.41, 5.74) is 1.19. The van der Waals surface area contributed by atoms with Gasteiger partial charge < -0.3 is 10.2 Å². The van der Waals surface area contributed by atoms with E-state index in [0.29, 0.717) is 27.4 Å². The lowest BCUT2D eigenvalue weighted by Gasteiger charge is -2.34. The summed E-state index contributed by atoms with van der Waals surface area (Å²) in [4.78, 5) is 28.8. The van der Waals surface area contributed by atoms with Crippen LogP contribution in [0.2, 0.25) is 5.02 Å². The van der Waals surface area contributed by atoms with Crippen molar-refractivity contribution in [2.24, 2.45) is 0 Å². The minimum atomic E-state index is -4.11. The van der Waals surface area contributed by atoms with Crippen LogP contribution < -0.4 is 9.62 Å². The molecule has 214 valence electrons. The van der Waals surface area contributed by atoms with Crippen molar-refractivity contribution in [3.63, 3.8) is 0 Å². The molecule has 1 N–H and O–H groups in total. The fourth-order valence-corrected chi connectivity index (χ4v) is 5.14. The van der Waals surface area contributed by atoms with E-state index in [1.165, 1.54) is 4.90 Å². The van der Waals surface area contributed by atoms with Gasteiger partial charge in [0.1, 0.15) is 12.6 Å². The standard InChI is InChI=1S/C29H32ClF2N3O4S/c1-4-20(2)33-29(37)27(16-21-9-6-5-7-10-21)34(18-22-11-8-12-23(30)15-22)28(36)19-35(40(3,38)39)24-13-14-25(31)26(32)17-24/h5-15,17,20,27H,4,16,18-19H2,1-3H3,(H,33,37)/t20-,27+/m1/s1. The molecule has 0 spiro atoms. The lowest BCUT2D eigenvalue weighted by atomic mass is 10.0. The lowest BCUT2D eigenvalue weighted by molar-refractivity contribution is -0.140. The van der Waals surface area contributed by atoms with E-state index in [1.54, 1.807) is 24.3 Å². The third-order valence-electron chi connectivity index (χ3n) is 6.38. The fourth-order valence-electron chi connectivity index (χ4n) is 4.08. The predicted octanol–water partition coefficient (Wildman–Crippen LogP) is 4.94. The van der Waals surface area contributed by atoms with Crippen LogP contribution in [0.25, 0.3) is 0 Å². The molecule has 0 aliphatic heterocycles. The zero-order valence-corrected chi connectivity index (χ0v) is 24.1. The van der Waals surface area contributed by atoms with E-state index in [4.69, 9.17) is 11.6 Å². The van der Waals surface area contributed by atoms with E-state index in [-0.39, 0.29) is 24.7 Å². The van der Waals surface area contributed by atoms with Gasteiger partial charge in [-0.3, -0.25) is 13.9 Å². The summed E-state index contributed by atoms with van der Waals surface area (Å²) in [6.07, 6.45) is 1.67. The molecule has 0 radical (unpaired) electrons. The van der Waals surface area contributed by atoms with Gasteiger partial charge in [-0.15, -0.1) is 0 Å². The molecule has 0 aliphatic carbocycles. The van der Waals surface area contributed by atoms with Crippen molar-refractivity contribution in [1.29, 1.82) is 0 Å². The van der Waals surface area contributed by atoms with Crippen LogP contribution in [0.1, 0.15) is 31.4 Å². The van der Waals surface area contributed by atoms with Crippen LogP contribution in [0.5, 0.6) is 0 Å². The van der Waals surface area contributed by atoms with Crippen LogP contribution in [0, 0.1) is 11.6 Å². The van der Waals surface area contributed by atoms with Crippen molar-refractivity contribution in [3.8, 4) is 0 Å². The zero-order chi connectivity index (χ0) is 29.4. The second-order valence-electron chi connectivity index (χ2n) is 9.54. The topological polar surface area (TPSA) is 86.8 Å². The number of carbonyl (C=O) groups excluding carboxylic acids is 2. The predicted molar refractivity (Wildman–Crippen MR) is 152 cm³/mol. The molecule has 0 heterocycles. The normalized spacial score (nSPS) is 12.8. The van der Waals surface area contributed by atoms with E-state index >= 15 is 0 Å². The van der Waals surface area contributed by atoms with Gasteiger partial charge in [-0.25, -0.2) is 17.2 Å². The molecule has 0 saturated heterocycles. The van der Waals surface area contributed by atoms with Crippen LogP contribution in [0.4, 0.5) is 14.5 Å². The average Bonchev–Trinajstić information content (AvgIpc) is 2.90. The average molecular weight is 592 g/mol. The number of hydrogen-bond donors (Lipinski definition) is 1. The van der Waals surface area contributed by atoms with E-state index in [9.17, 15) is 26.8 Å². The van der Waals surface area contributed by atoms with Crippen LogP contribution in [0.3, 0.4) is 0 Å². The van der Waals surface area contributed by atoms with Crippen molar-refractivity contribution in [2.45, 2.75) is 45.3 Å². The van der Waals surface area contributed by atoms with Gasteiger partial charge in [-0.2, -0.15) is 0 Å². The van der Waals surface area contributed by atoms with Crippen LogP contribution in [0.15, 0.2) is 72.8 Å². The molecule has 2 amide bonds. The molecule has 0 aliphatic rings. The number of rotatable bonds is 12. The molecular weight excluding hydrogens is 560 g/mol. The monoisotopic (exact) mass is 591 g/mol. The maximum absolute atomic E-state index is 14.0. The first-order valence-electron chi connectivity index (χ1n) is 12.7. The Labute approximate surface area is 238 Å². The number of amides is 2. The Kier molecular flexibility index (Phi) is 10.6. The SMILES string of the molecule is CC[C@@H](C)NC(=O)[C@H](Cc1ccccc1)N(Cc1cccc(Cl)c1)C(=O)CN(c1ccc(F)c(F)c1)S(C)(=O)=O. The van der Waals surface area contributed by atoms with Crippen molar-refractivity contribution in [3.05, 3.63) is 101 Å². The molecule has 0 saturated carbocycles. The highest BCUT2D eigenvalue weighted by Crippen LogP contribution is 2.23. The lowest BCUT2D eigenvalue weighted by Crippen LogP contribution is -2.54. The summed E-state index contributed by atoms with van der Waals surface area (Å²) in [5.74, 6) is -3.54. The fraction of sp³-hybridized carbons (Fsp3) is 0.310. The van der Waals surface area contributed by atoms with Gasteiger partial charge in [0.25, 0.3) is 0 Å². The second-order valence-corrected chi connectivity index (χ2v) is 11.9. The molecular formula is C29H32ClF2N3O4S. The molecule has 3 aromatic carbocycles. The third-order valence-corrected chi connectivity index (χ3v) is 7.76. The summed E-state index contributed by atoms with van der Waals surface area (Å²) >= 11 is 6.18. The molecule has 11 heteroatoms. The van der Waals surface area contributed by atoms with Gasteiger partial charge in [0.05, 0.1) is 11.9 Å². The number of hydrogen-bond acceptors (Lipinski definition) is 4. The quantitative estimate of drug-likeness (QED) is 0.323. The first-order valence-corrected chi connectivity index (χ1v) is 14.9. The van der Waals surface area contributed by atoms with Crippen LogP contribution >= 0.6 is 11.6 Å². The number of carbonyl (C=O) groups is 2. The Hall–Kier alpha value is -3.50. The smallest absolute Gasteiger partial charge is 0.244 e. The number of benzene rings is 3. The van der Waals surface area contributed by atoms with Gasteiger partial charge in [0.15, 0.2) is 11.6 Å². The molecule has 0 fully saturated rings. The minimum absolute atomic E-state index is 0.0554. The van der Waals surface area contributed by atoms with Gasteiger partial charge in [-0.1, -0.05) is 61.0 Å². The number of anilines is 1. The summed E-state index contributed by atoms with van der Waals surface area (Å²) in [6.45, 7) is 2.96.